The number of nitrogens with one attached hydrogen (secondary N) is 1. The monoisotopic (exact) mass is 368 g/mol. The van der Waals surface area contributed by atoms with Crippen molar-refractivity contribution in [2.24, 2.45) is 0 Å². The van der Waals surface area contributed by atoms with Crippen LogP contribution >= 0.6 is 0 Å². The molecule has 0 aliphatic carbocycles. The van der Waals surface area contributed by atoms with Gasteiger partial charge in [0.2, 0.25) is 5.91 Å². The molecule has 0 spiro atoms. The Morgan fingerprint density at radius 1 is 1.22 bits per heavy atom. The molecule has 0 bridgehead atoms. The largest absolute Gasteiger partial charge is 0.492 e. The minimum atomic E-state index is -0.830. The molecular weight excluding hydrogens is 340 g/mol. The quantitative estimate of drug-likeness (QED) is 0.787. The highest BCUT2D eigenvalue weighted by Gasteiger charge is 2.38. The molecule has 27 heavy (non-hydrogen) atoms. The highest BCUT2D eigenvalue weighted by atomic mass is 16.5. The third-order valence-corrected chi connectivity index (χ3v) is 5.09. The summed E-state index contributed by atoms with van der Waals surface area (Å²) < 4.78 is 5.55. The maximum atomic E-state index is 12.4. The van der Waals surface area contributed by atoms with E-state index in [2.05, 4.69) is 10.2 Å². The number of carbonyl (C=O) groups excluding carboxylic acids is 1. The average Bonchev–Trinajstić information content (AvgIpc) is 3.04. The second-order valence-corrected chi connectivity index (χ2v) is 7.10. The average molecular weight is 368 g/mol. The van der Waals surface area contributed by atoms with E-state index in [1.54, 1.807) is 0 Å². The number of hydrogen-bond donors (Lipinski definition) is 2. The van der Waals surface area contributed by atoms with Gasteiger partial charge in [-0.15, -0.1) is 0 Å². The van der Waals surface area contributed by atoms with Gasteiger partial charge in [0, 0.05) is 26.1 Å². The Labute approximate surface area is 161 Å². The first-order valence-corrected chi connectivity index (χ1v) is 9.54. The van der Waals surface area contributed by atoms with Crippen molar-refractivity contribution in [2.45, 2.75) is 32.3 Å². The van der Waals surface area contributed by atoms with Crippen LogP contribution in [0, 0.1) is 6.92 Å². The van der Waals surface area contributed by atoms with Crippen molar-refractivity contribution in [1.82, 2.24) is 4.90 Å². The van der Waals surface area contributed by atoms with Crippen molar-refractivity contribution in [2.75, 3.05) is 31.6 Å². The fraction of sp³-hybridized carbons (Fsp3) is 0.409. The Hall–Kier alpha value is -2.37. The highest BCUT2D eigenvalue weighted by molar-refractivity contribution is 5.92. The number of ether oxygens (including phenoxy) is 1. The summed E-state index contributed by atoms with van der Waals surface area (Å²) in [5, 5.41) is 14.0. The van der Waals surface area contributed by atoms with Gasteiger partial charge in [-0.05, 0) is 43.5 Å². The smallest absolute Gasteiger partial charge is 0.225 e. The second-order valence-electron chi connectivity index (χ2n) is 7.10. The molecule has 144 valence electrons. The standard InChI is InChI=1S/C22H28N2O3/c1-3-27-20-11-7-6-10-19(20)23-21(25)12-14-24-15-13-22(26,16-24)18-9-5-4-8-17(18)2/h4-11,26H,3,12-16H2,1-2H3,(H,23,25). The van der Waals surface area contributed by atoms with Gasteiger partial charge in [-0.1, -0.05) is 36.4 Å². The molecule has 0 saturated carbocycles. The van der Waals surface area contributed by atoms with E-state index in [4.69, 9.17) is 4.74 Å². The van der Waals surface area contributed by atoms with Crippen LogP contribution in [-0.2, 0) is 10.4 Å². The number of para-hydroxylation sites is 2. The van der Waals surface area contributed by atoms with Crippen molar-refractivity contribution in [3.8, 4) is 5.75 Å². The van der Waals surface area contributed by atoms with Gasteiger partial charge in [0.25, 0.3) is 0 Å². The van der Waals surface area contributed by atoms with Crippen molar-refractivity contribution < 1.29 is 14.6 Å². The fourth-order valence-electron chi connectivity index (χ4n) is 3.70. The number of amides is 1. The third kappa shape index (κ3) is 4.67. The van der Waals surface area contributed by atoms with Crippen LogP contribution in [0.25, 0.3) is 0 Å². The number of hydrogen-bond acceptors (Lipinski definition) is 4. The van der Waals surface area contributed by atoms with Crippen LogP contribution < -0.4 is 10.1 Å². The zero-order valence-electron chi connectivity index (χ0n) is 16.1. The van der Waals surface area contributed by atoms with Crippen LogP contribution in [0.4, 0.5) is 5.69 Å². The zero-order chi connectivity index (χ0) is 19.3. The summed E-state index contributed by atoms with van der Waals surface area (Å²) >= 11 is 0. The van der Waals surface area contributed by atoms with Gasteiger partial charge >= 0.3 is 0 Å². The van der Waals surface area contributed by atoms with Gasteiger partial charge in [0.1, 0.15) is 11.4 Å². The molecule has 1 atom stereocenters. The molecule has 5 heteroatoms. The molecule has 1 unspecified atom stereocenters. The Balaban J connectivity index is 1.54. The lowest BCUT2D eigenvalue weighted by Crippen LogP contribution is -2.33. The first-order chi connectivity index (χ1) is 13.0. The normalized spacial score (nSPS) is 19.8. The van der Waals surface area contributed by atoms with Gasteiger partial charge in [-0.2, -0.15) is 0 Å². The van der Waals surface area contributed by atoms with Crippen molar-refractivity contribution in [1.29, 1.82) is 0 Å². The van der Waals surface area contributed by atoms with Crippen LogP contribution in [-0.4, -0.2) is 42.2 Å². The van der Waals surface area contributed by atoms with Crippen LogP contribution in [0.2, 0.25) is 0 Å². The Morgan fingerprint density at radius 3 is 2.74 bits per heavy atom. The summed E-state index contributed by atoms with van der Waals surface area (Å²) in [5.41, 5.74) is 1.96. The molecule has 2 N–H and O–H groups in total. The summed E-state index contributed by atoms with van der Waals surface area (Å²) in [6, 6.07) is 15.4. The van der Waals surface area contributed by atoms with E-state index < -0.39 is 5.60 Å². The van der Waals surface area contributed by atoms with Crippen LogP contribution in [0.3, 0.4) is 0 Å². The maximum absolute atomic E-state index is 12.4. The van der Waals surface area contributed by atoms with Crippen LogP contribution in [0.5, 0.6) is 5.75 Å². The summed E-state index contributed by atoms with van der Waals surface area (Å²) in [6.45, 7) is 6.46. The lowest BCUT2D eigenvalue weighted by molar-refractivity contribution is -0.116. The number of aryl methyl sites for hydroxylation is 1. The highest BCUT2D eigenvalue weighted by Crippen LogP contribution is 2.33. The number of aliphatic hydroxyl groups is 1. The van der Waals surface area contributed by atoms with E-state index in [1.165, 1.54) is 0 Å². The van der Waals surface area contributed by atoms with Crippen molar-refractivity contribution in [3.63, 3.8) is 0 Å². The minimum absolute atomic E-state index is 0.0477. The van der Waals surface area contributed by atoms with E-state index in [0.29, 0.717) is 44.0 Å². The molecule has 1 aliphatic rings. The van der Waals surface area contributed by atoms with Gasteiger partial charge in [0.15, 0.2) is 0 Å². The van der Waals surface area contributed by atoms with E-state index in [1.807, 2.05) is 62.4 Å². The van der Waals surface area contributed by atoms with Crippen molar-refractivity contribution >= 4 is 11.6 Å². The first kappa shape index (κ1) is 19.4. The van der Waals surface area contributed by atoms with E-state index >= 15 is 0 Å². The fourth-order valence-corrected chi connectivity index (χ4v) is 3.70. The number of rotatable bonds is 7. The molecule has 1 amide bonds. The second kappa shape index (κ2) is 8.55. The number of nitrogens with zero attached hydrogens (tertiary/aromatic N) is 1. The molecule has 1 fully saturated rings. The molecular formula is C22H28N2O3. The molecule has 2 aromatic carbocycles. The number of benzene rings is 2. The maximum Gasteiger partial charge on any atom is 0.225 e. The Bertz CT molecular complexity index is 793. The van der Waals surface area contributed by atoms with Crippen molar-refractivity contribution in [3.05, 3.63) is 59.7 Å². The molecule has 3 rings (SSSR count). The predicted molar refractivity (Wildman–Crippen MR) is 107 cm³/mol. The lowest BCUT2D eigenvalue weighted by atomic mass is 9.89. The molecule has 1 aliphatic heterocycles. The summed E-state index contributed by atoms with van der Waals surface area (Å²) in [4.78, 5) is 14.5. The predicted octanol–water partition coefficient (Wildman–Crippen LogP) is 3.32. The van der Waals surface area contributed by atoms with Gasteiger partial charge in [-0.3, -0.25) is 9.69 Å². The number of carbonyl (C=O) groups is 1. The number of β-amino-alcohol motifs (C(OH)–C–C–N with tert-alkyl or cyclic N) is 1. The van der Waals surface area contributed by atoms with Gasteiger partial charge in [0.05, 0.1) is 12.3 Å². The van der Waals surface area contributed by atoms with E-state index in [9.17, 15) is 9.90 Å². The first-order valence-electron chi connectivity index (χ1n) is 9.54. The minimum Gasteiger partial charge on any atom is -0.492 e. The number of anilines is 1. The van der Waals surface area contributed by atoms with Crippen LogP contribution in [0.1, 0.15) is 30.9 Å². The van der Waals surface area contributed by atoms with Gasteiger partial charge in [-0.25, -0.2) is 0 Å². The van der Waals surface area contributed by atoms with Gasteiger partial charge < -0.3 is 15.2 Å². The molecule has 2 aromatic rings. The molecule has 5 nitrogen and oxygen atoms in total. The third-order valence-electron chi connectivity index (χ3n) is 5.09. The zero-order valence-corrected chi connectivity index (χ0v) is 16.1. The lowest BCUT2D eigenvalue weighted by Gasteiger charge is -2.25. The van der Waals surface area contributed by atoms with E-state index in [-0.39, 0.29) is 5.91 Å². The summed E-state index contributed by atoms with van der Waals surface area (Å²) in [5.74, 6) is 0.636. The number of likely N-dealkylation sites (tertiary alicyclic amines) is 1. The van der Waals surface area contributed by atoms with E-state index in [0.717, 1.165) is 17.7 Å². The summed E-state index contributed by atoms with van der Waals surface area (Å²) in [6.07, 6.45) is 1.07. The molecule has 0 radical (unpaired) electrons. The SMILES string of the molecule is CCOc1ccccc1NC(=O)CCN1CCC(O)(c2ccccc2C)C1. The topological polar surface area (TPSA) is 61.8 Å². The summed E-state index contributed by atoms with van der Waals surface area (Å²) in [7, 11) is 0. The molecule has 1 saturated heterocycles. The molecule has 1 heterocycles. The molecule has 0 aromatic heterocycles. The Kier molecular flexibility index (Phi) is 6.14. The Morgan fingerprint density at radius 2 is 1.96 bits per heavy atom. The van der Waals surface area contributed by atoms with Crippen LogP contribution in [0.15, 0.2) is 48.5 Å².